The number of halogens is 1. The van der Waals surface area contributed by atoms with Gasteiger partial charge in [0.1, 0.15) is 5.75 Å². The highest BCUT2D eigenvalue weighted by Crippen LogP contribution is 2.30. The van der Waals surface area contributed by atoms with Crippen molar-refractivity contribution in [2.45, 2.75) is 25.3 Å². The van der Waals surface area contributed by atoms with Gasteiger partial charge in [-0.05, 0) is 32.9 Å². The fourth-order valence-corrected chi connectivity index (χ4v) is 2.49. The number of ether oxygens (including phenoxy) is 2. The van der Waals surface area contributed by atoms with Crippen molar-refractivity contribution in [3.8, 4) is 11.5 Å². The molecule has 1 aliphatic heterocycles. The van der Waals surface area contributed by atoms with Gasteiger partial charge >= 0.3 is 0 Å². The molecule has 1 aromatic rings. The van der Waals surface area contributed by atoms with Crippen LogP contribution in [0, 0.1) is 5.82 Å². The lowest BCUT2D eigenvalue weighted by Crippen LogP contribution is -2.26. The molecular weight excluding hydrogens is 247 g/mol. The summed E-state index contributed by atoms with van der Waals surface area (Å²) >= 11 is 0. The number of anilines is 1. The number of nitrogens with two attached hydrogens (primary N) is 1. The first-order chi connectivity index (χ1) is 9.11. The van der Waals surface area contributed by atoms with Crippen LogP contribution in [0.1, 0.15) is 19.3 Å². The Kier molecular flexibility index (Phi) is 4.47. The van der Waals surface area contributed by atoms with Crippen molar-refractivity contribution < 1.29 is 13.9 Å². The van der Waals surface area contributed by atoms with Crippen LogP contribution in [0.15, 0.2) is 12.1 Å². The van der Waals surface area contributed by atoms with Gasteiger partial charge in [0, 0.05) is 18.2 Å². The van der Waals surface area contributed by atoms with Crippen LogP contribution >= 0.6 is 0 Å². The molecule has 5 heteroatoms. The third kappa shape index (κ3) is 3.29. The molecule has 0 radical (unpaired) electrons. The third-order valence-electron chi connectivity index (χ3n) is 3.66. The molecule has 0 saturated carbocycles. The van der Waals surface area contributed by atoms with E-state index in [9.17, 15) is 4.39 Å². The lowest BCUT2D eigenvalue weighted by atomic mass is 10.1. The van der Waals surface area contributed by atoms with Crippen LogP contribution in [0.4, 0.5) is 10.1 Å². The molecule has 0 aromatic heterocycles. The van der Waals surface area contributed by atoms with Gasteiger partial charge in [0.25, 0.3) is 0 Å². The van der Waals surface area contributed by atoms with Crippen LogP contribution in [-0.4, -0.2) is 38.3 Å². The molecule has 2 N–H and O–H groups in total. The van der Waals surface area contributed by atoms with Gasteiger partial charge in [0.05, 0.1) is 19.4 Å². The molecule has 1 aromatic carbocycles. The van der Waals surface area contributed by atoms with E-state index in [0.29, 0.717) is 18.4 Å². The standard InChI is InChI=1S/C14H21FN2O2/c1-17-6-3-4-10(17)5-7-19-13-9-14(18-2)12(16)8-11(13)15/h8-10H,3-7,16H2,1-2H3. The number of hydrogen-bond acceptors (Lipinski definition) is 4. The number of benzene rings is 1. The summed E-state index contributed by atoms with van der Waals surface area (Å²) in [5.74, 6) is 0.194. The van der Waals surface area contributed by atoms with E-state index >= 15 is 0 Å². The predicted molar refractivity (Wildman–Crippen MR) is 73.1 cm³/mol. The summed E-state index contributed by atoms with van der Waals surface area (Å²) < 4.78 is 24.2. The van der Waals surface area contributed by atoms with E-state index in [1.807, 2.05) is 0 Å². The maximum atomic E-state index is 13.7. The summed E-state index contributed by atoms with van der Waals surface area (Å²) in [6, 6.07) is 3.28. The fraction of sp³-hybridized carbons (Fsp3) is 0.571. The van der Waals surface area contributed by atoms with E-state index in [1.165, 1.54) is 32.1 Å². The zero-order valence-electron chi connectivity index (χ0n) is 11.5. The average Bonchev–Trinajstić information content (AvgIpc) is 2.78. The summed E-state index contributed by atoms with van der Waals surface area (Å²) in [6.07, 6.45) is 3.32. The Morgan fingerprint density at radius 3 is 2.84 bits per heavy atom. The van der Waals surface area contributed by atoms with Crippen molar-refractivity contribution >= 4 is 5.69 Å². The predicted octanol–water partition coefficient (Wildman–Crippen LogP) is 2.28. The monoisotopic (exact) mass is 268 g/mol. The molecule has 1 unspecified atom stereocenters. The lowest BCUT2D eigenvalue weighted by Gasteiger charge is -2.19. The molecule has 0 amide bonds. The molecule has 2 rings (SSSR count). The van der Waals surface area contributed by atoms with E-state index in [2.05, 4.69) is 11.9 Å². The molecule has 106 valence electrons. The molecular formula is C14H21FN2O2. The second-order valence-electron chi connectivity index (χ2n) is 4.94. The SMILES string of the molecule is COc1cc(OCCC2CCCN2C)c(F)cc1N. The number of rotatable bonds is 5. The van der Waals surface area contributed by atoms with Crippen molar-refractivity contribution in [1.82, 2.24) is 4.90 Å². The molecule has 0 spiro atoms. The normalized spacial score (nSPS) is 19.6. The second-order valence-corrected chi connectivity index (χ2v) is 4.94. The Bertz CT molecular complexity index is 440. The van der Waals surface area contributed by atoms with Crippen molar-refractivity contribution in [2.24, 2.45) is 0 Å². The Morgan fingerprint density at radius 2 is 2.21 bits per heavy atom. The molecule has 4 nitrogen and oxygen atoms in total. The highest BCUT2D eigenvalue weighted by molar-refractivity contribution is 5.56. The van der Waals surface area contributed by atoms with Crippen LogP contribution in [0.3, 0.4) is 0 Å². The molecule has 1 atom stereocenters. The van der Waals surface area contributed by atoms with Gasteiger partial charge in [-0.3, -0.25) is 0 Å². The van der Waals surface area contributed by atoms with Crippen molar-refractivity contribution in [2.75, 3.05) is 33.0 Å². The minimum absolute atomic E-state index is 0.201. The smallest absolute Gasteiger partial charge is 0.167 e. The number of methoxy groups -OCH3 is 1. The minimum atomic E-state index is -0.446. The minimum Gasteiger partial charge on any atom is -0.494 e. The maximum absolute atomic E-state index is 13.7. The zero-order chi connectivity index (χ0) is 13.8. The van der Waals surface area contributed by atoms with Crippen LogP contribution in [-0.2, 0) is 0 Å². The molecule has 0 aliphatic carbocycles. The van der Waals surface area contributed by atoms with Gasteiger partial charge < -0.3 is 20.1 Å². The Hall–Kier alpha value is -1.49. The van der Waals surface area contributed by atoms with Crippen LogP contribution < -0.4 is 15.2 Å². The molecule has 0 bridgehead atoms. The van der Waals surface area contributed by atoms with E-state index in [-0.39, 0.29) is 11.4 Å². The topological polar surface area (TPSA) is 47.7 Å². The summed E-state index contributed by atoms with van der Waals surface area (Å²) in [5, 5.41) is 0. The molecule has 1 heterocycles. The summed E-state index contributed by atoms with van der Waals surface area (Å²) in [6.45, 7) is 1.63. The molecule has 19 heavy (non-hydrogen) atoms. The molecule has 1 aliphatic rings. The zero-order valence-corrected chi connectivity index (χ0v) is 11.5. The number of nitrogens with zero attached hydrogens (tertiary/aromatic N) is 1. The Balaban J connectivity index is 1.92. The number of hydrogen-bond donors (Lipinski definition) is 1. The first-order valence-electron chi connectivity index (χ1n) is 6.58. The quantitative estimate of drug-likeness (QED) is 0.832. The van der Waals surface area contributed by atoms with E-state index in [0.717, 1.165) is 13.0 Å². The first-order valence-corrected chi connectivity index (χ1v) is 6.58. The van der Waals surface area contributed by atoms with Crippen LogP contribution in [0.2, 0.25) is 0 Å². The second kappa shape index (κ2) is 6.10. The Labute approximate surface area is 113 Å². The van der Waals surface area contributed by atoms with Crippen molar-refractivity contribution in [3.63, 3.8) is 0 Å². The Morgan fingerprint density at radius 1 is 1.42 bits per heavy atom. The van der Waals surface area contributed by atoms with Gasteiger partial charge in [-0.1, -0.05) is 0 Å². The summed E-state index contributed by atoms with van der Waals surface area (Å²) in [4.78, 5) is 2.32. The van der Waals surface area contributed by atoms with Gasteiger partial charge in [-0.2, -0.15) is 0 Å². The number of nitrogen functional groups attached to an aromatic ring is 1. The highest BCUT2D eigenvalue weighted by Gasteiger charge is 2.20. The van der Waals surface area contributed by atoms with Gasteiger partial charge in [-0.15, -0.1) is 0 Å². The summed E-state index contributed by atoms with van der Waals surface area (Å²) in [7, 11) is 3.62. The third-order valence-corrected chi connectivity index (χ3v) is 3.66. The first kappa shape index (κ1) is 13.9. The largest absolute Gasteiger partial charge is 0.494 e. The number of likely N-dealkylation sites (tertiary alicyclic amines) is 1. The van der Waals surface area contributed by atoms with Crippen LogP contribution in [0.5, 0.6) is 11.5 Å². The van der Waals surface area contributed by atoms with Gasteiger partial charge in [0.15, 0.2) is 11.6 Å². The van der Waals surface area contributed by atoms with E-state index < -0.39 is 5.82 Å². The fourth-order valence-electron chi connectivity index (χ4n) is 2.49. The average molecular weight is 268 g/mol. The van der Waals surface area contributed by atoms with Gasteiger partial charge in [0.2, 0.25) is 0 Å². The maximum Gasteiger partial charge on any atom is 0.167 e. The highest BCUT2D eigenvalue weighted by atomic mass is 19.1. The van der Waals surface area contributed by atoms with E-state index in [4.69, 9.17) is 15.2 Å². The van der Waals surface area contributed by atoms with Crippen molar-refractivity contribution in [1.29, 1.82) is 0 Å². The van der Waals surface area contributed by atoms with E-state index in [1.54, 1.807) is 0 Å². The van der Waals surface area contributed by atoms with Crippen LogP contribution in [0.25, 0.3) is 0 Å². The lowest BCUT2D eigenvalue weighted by molar-refractivity contribution is 0.227. The van der Waals surface area contributed by atoms with Crippen molar-refractivity contribution in [3.05, 3.63) is 17.9 Å². The van der Waals surface area contributed by atoms with Gasteiger partial charge in [-0.25, -0.2) is 4.39 Å². The molecule has 1 saturated heterocycles. The summed E-state index contributed by atoms with van der Waals surface area (Å²) in [5.41, 5.74) is 5.90. The molecule has 1 fully saturated rings.